The monoisotopic (exact) mass is 424 g/mol. The van der Waals surface area contributed by atoms with Gasteiger partial charge < -0.3 is 0 Å². The molecule has 0 saturated heterocycles. The highest BCUT2D eigenvalue weighted by Crippen LogP contribution is 2.35. The van der Waals surface area contributed by atoms with Gasteiger partial charge in [0, 0.05) is 12.8 Å². The third-order valence-electron chi connectivity index (χ3n) is 5.84. The van der Waals surface area contributed by atoms with Crippen LogP contribution >= 0.6 is 0 Å². The third-order valence-corrected chi connectivity index (χ3v) is 5.84. The van der Waals surface area contributed by atoms with Crippen molar-refractivity contribution in [3.63, 3.8) is 0 Å². The average Bonchev–Trinajstić information content (AvgIpc) is 3.50. The zero-order valence-corrected chi connectivity index (χ0v) is 17.2. The minimum atomic E-state index is -0.228. The van der Waals surface area contributed by atoms with Crippen LogP contribution in [-0.2, 0) is 0 Å². The third kappa shape index (κ3) is 3.66. The Hall–Kier alpha value is -4.20. The SMILES string of the molecule is O=NN1N=C(c2cccc(C3=NN(N=O)C(c4ccccc4)C3)c2)CC1c1ccccc1. The van der Waals surface area contributed by atoms with E-state index in [4.69, 9.17) is 0 Å². The van der Waals surface area contributed by atoms with Gasteiger partial charge in [0.2, 0.25) is 0 Å². The predicted molar refractivity (Wildman–Crippen MR) is 122 cm³/mol. The largest absolute Gasteiger partial charge is 0.156 e. The van der Waals surface area contributed by atoms with E-state index in [0.29, 0.717) is 12.8 Å². The molecule has 0 aromatic heterocycles. The number of hydrogen-bond donors (Lipinski definition) is 0. The Morgan fingerprint density at radius 3 is 1.47 bits per heavy atom. The Kier molecular flexibility index (Phi) is 5.25. The average molecular weight is 424 g/mol. The molecule has 2 aliphatic rings. The Bertz CT molecular complexity index is 1100. The van der Waals surface area contributed by atoms with Crippen molar-refractivity contribution in [1.29, 1.82) is 0 Å². The highest BCUT2D eigenvalue weighted by molar-refractivity contribution is 6.06. The van der Waals surface area contributed by atoms with Gasteiger partial charge in [0.15, 0.2) is 0 Å². The van der Waals surface area contributed by atoms with Gasteiger partial charge in [-0.2, -0.15) is 10.2 Å². The van der Waals surface area contributed by atoms with Crippen LogP contribution in [0, 0.1) is 9.81 Å². The maximum atomic E-state index is 11.4. The summed E-state index contributed by atoms with van der Waals surface area (Å²) in [5, 5.41) is 17.6. The van der Waals surface area contributed by atoms with Crippen LogP contribution in [-0.4, -0.2) is 21.7 Å². The fourth-order valence-corrected chi connectivity index (χ4v) is 4.23. The highest BCUT2D eigenvalue weighted by Gasteiger charge is 2.32. The van der Waals surface area contributed by atoms with E-state index in [-0.39, 0.29) is 12.1 Å². The van der Waals surface area contributed by atoms with Crippen molar-refractivity contribution in [1.82, 2.24) is 10.2 Å². The Labute approximate surface area is 184 Å². The molecule has 3 aromatic carbocycles. The zero-order chi connectivity index (χ0) is 21.9. The summed E-state index contributed by atoms with van der Waals surface area (Å²) < 4.78 is 0. The van der Waals surface area contributed by atoms with Crippen molar-refractivity contribution in [2.75, 3.05) is 0 Å². The van der Waals surface area contributed by atoms with Gasteiger partial charge in [-0.15, -0.1) is 20.0 Å². The van der Waals surface area contributed by atoms with Crippen LogP contribution < -0.4 is 0 Å². The molecular weight excluding hydrogens is 404 g/mol. The molecule has 2 atom stereocenters. The van der Waals surface area contributed by atoms with E-state index in [1.165, 1.54) is 10.2 Å². The second-order valence-electron chi connectivity index (χ2n) is 7.74. The molecule has 0 amide bonds. The molecule has 0 N–H and O–H groups in total. The van der Waals surface area contributed by atoms with Gasteiger partial charge in [-0.3, -0.25) is 0 Å². The lowest BCUT2D eigenvalue weighted by Crippen LogP contribution is -2.12. The lowest BCUT2D eigenvalue weighted by molar-refractivity contribution is 0.241. The van der Waals surface area contributed by atoms with Crippen molar-refractivity contribution in [3.8, 4) is 0 Å². The Balaban J connectivity index is 1.41. The van der Waals surface area contributed by atoms with Gasteiger partial charge in [-0.05, 0) is 28.3 Å². The van der Waals surface area contributed by atoms with Crippen LogP contribution in [0.1, 0.15) is 47.2 Å². The normalized spacial score (nSPS) is 20.1. The summed E-state index contributed by atoms with van der Waals surface area (Å²) in [6, 6.07) is 26.9. The number of rotatable bonds is 6. The molecule has 8 heteroatoms. The van der Waals surface area contributed by atoms with Crippen LogP contribution in [0.5, 0.6) is 0 Å². The van der Waals surface area contributed by atoms with Crippen LogP contribution in [0.25, 0.3) is 0 Å². The molecule has 8 nitrogen and oxygen atoms in total. The Morgan fingerprint density at radius 2 is 1.06 bits per heavy atom. The van der Waals surface area contributed by atoms with Gasteiger partial charge in [0.1, 0.15) is 12.1 Å². The molecule has 0 aliphatic carbocycles. The first-order valence-electron chi connectivity index (χ1n) is 10.4. The maximum absolute atomic E-state index is 11.4. The molecule has 158 valence electrons. The first-order chi connectivity index (χ1) is 15.8. The second-order valence-corrected chi connectivity index (χ2v) is 7.74. The zero-order valence-electron chi connectivity index (χ0n) is 17.2. The van der Waals surface area contributed by atoms with Crippen molar-refractivity contribution in [3.05, 3.63) is 117 Å². The van der Waals surface area contributed by atoms with E-state index < -0.39 is 0 Å². The minimum Gasteiger partial charge on any atom is -0.156 e. The molecule has 0 saturated carbocycles. The van der Waals surface area contributed by atoms with E-state index in [1.807, 2.05) is 84.9 Å². The van der Waals surface area contributed by atoms with Crippen LogP contribution in [0.15, 0.2) is 106 Å². The summed E-state index contributed by atoms with van der Waals surface area (Å²) >= 11 is 0. The lowest BCUT2D eigenvalue weighted by atomic mass is 9.95. The first kappa shape index (κ1) is 19.7. The van der Waals surface area contributed by atoms with Crippen LogP contribution in [0.3, 0.4) is 0 Å². The molecular formula is C24H20N6O2. The van der Waals surface area contributed by atoms with Crippen molar-refractivity contribution in [2.45, 2.75) is 24.9 Å². The molecule has 0 spiro atoms. The smallest absolute Gasteiger partial charge is 0.105 e. The molecule has 2 aliphatic heterocycles. The van der Waals surface area contributed by atoms with Crippen molar-refractivity contribution >= 4 is 11.4 Å². The van der Waals surface area contributed by atoms with Gasteiger partial charge in [0.05, 0.1) is 22.0 Å². The maximum Gasteiger partial charge on any atom is 0.105 e. The molecule has 0 radical (unpaired) electrons. The fraction of sp³-hybridized carbons (Fsp3) is 0.167. The summed E-state index contributed by atoms with van der Waals surface area (Å²) in [4.78, 5) is 22.8. The fourth-order valence-electron chi connectivity index (χ4n) is 4.23. The number of hydrogen-bond acceptors (Lipinski definition) is 6. The van der Waals surface area contributed by atoms with Crippen LogP contribution in [0.2, 0.25) is 0 Å². The predicted octanol–water partition coefficient (Wildman–Crippen LogP) is 5.35. The number of nitrogens with zero attached hydrogens (tertiary/aromatic N) is 6. The van der Waals surface area contributed by atoms with E-state index in [9.17, 15) is 9.81 Å². The Morgan fingerprint density at radius 1 is 0.625 bits per heavy atom. The summed E-state index contributed by atoms with van der Waals surface area (Å²) in [7, 11) is 0. The number of benzene rings is 3. The highest BCUT2D eigenvalue weighted by atomic mass is 16.3. The number of hydrazone groups is 2. The van der Waals surface area contributed by atoms with Crippen molar-refractivity contribution in [2.24, 2.45) is 20.8 Å². The molecule has 5 rings (SSSR count). The summed E-state index contributed by atoms with van der Waals surface area (Å²) in [6.45, 7) is 0. The van der Waals surface area contributed by atoms with E-state index >= 15 is 0 Å². The number of nitroso groups, excluding NO2 is 2. The summed E-state index contributed by atoms with van der Waals surface area (Å²) in [6.07, 6.45) is 1.14. The molecule has 2 unspecified atom stereocenters. The minimum absolute atomic E-state index is 0.228. The lowest BCUT2D eigenvalue weighted by Gasteiger charge is -2.15. The van der Waals surface area contributed by atoms with Gasteiger partial charge >= 0.3 is 0 Å². The molecule has 0 bridgehead atoms. The first-order valence-corrected chi connectivity index (χ1v) is 10.4. The van der Waals surface area contributed by atoms with Gasteiger partial charge in [-0.25, -0.2) is 0 Å². The summed E-state index contributed by atoms with van der Waals surface area (Å²) in [5.74, 6) is 0. The molecule has 0 fully saturated rings. The molecule has 2 heterocycles. The van der Waals surface area contributed by atoms with Crippen LogP contribution in [0.4, 0.5) is 0 Å². The summed E-state index contributed by atoms with van der Waals surface area (Å²) in [5.41, 5.74) is 5.33. The molecule has 3 aromatic rings. The van der Waals surface area contributed by atoms with E-state index in [2.05, 4.69) is 20.8 Å². The van der Waals surface area contributed by atoms with Gasteiger partial charge in [0.25, 0.3) is 0 Å². The van der Waals surface area contributed by atoms with E-state index in [0.717, 1.165) is 33.7 Å². The quantitative estimate of drug-likeness (QED) is 0.499. The molecule has 32 heavy (non-hydrogen) atoms. The standard InChI is InChI=1S/C24H20N6O2/c31-27-29-23(17-8-3-1-4-9-17)15-21(25-29)19-12-7-13-20(14-19)22-16-24(30(26-22)28-32)18-10-5-2-6-11-18/h1-14,23-24H,15-16H2. The van der Waals surface area contributed by atoms with Gasteiger partial charge in [-0.1, -0.05) is 78.9 Å². The second kappa shape index (κ2) is 8.50. The topological polar surface area (TPSA) is 90.1 Å². The van der Waals surface area contributed by atoms with E-state index in [1.54, 1.807) is 0 Å². The van der Waals surface area contributed by atoms with Crippen molar-refractivity contribution < 1.29 is 0 Å².